The number of nitrogens with two attached hydrogens (primary N) is 1. The first-order chi connectivity index (χ1) is 15.4. The Kier molecular flexibility index (Phi) is 7.29. The van der Waals surface area contributed by atoms with E-state index in [4.69, 9.17) is 10.5 Å². The molecule has 0 aliphatic heterocycles. The first-order valence-corrected chi connectivity index (χ1v) is 9.89. The molecule has 2 aromatic carbocycles. The Morgan fingerprint density at radius 2 is 1.94 bits per heavy atom. The van der Waals surface area contributed by atoms with Gasteiger partial charge >= 0.3 is 5.69 Å². The second-order valence-corrected chi connectivity index (χ2v) is 6.99. The van der Waals surface area contributed by atoms with Crippen LogP contribution >= 0.6 is 0 Å². The van der Waals surface area contributed by atoms with Crippen LogP contribution in [-0.4, -0.2) is 47.4 Å². The number of carbonyl (C=O) groups excluding carboxylic acids is 1. The smallest absolute Gasteiger partial charge is 0.330 e. The lowest BCUT2D eigenvalue weighted by molar-refractivity contribution is -0.115. The van der Waals surface area contributed by atoms with Crippen LogP contribution in [0.3, 0.4) is 0 Å². The van der Waals surface area contributed by atoms with E-state index >= 15 is 0 Å². The van der Waals surface area contributed by atoms with Crippen molar-refractivity contribution in [3.8, 4) is 5.75 Å². The molecule has 32 heavy (non-hydrogen) atoms. The second-order valence-electron chi connectivity index (χ2n) is 6.99. The van der Waals surface area contributed by atoms with Crippen molar-refractivity contribution in [1.29, 1.82) is 0 Å². The molecule has 3 rings (SSSR count). The molecule has 1 heterocycles. The van der Waals surface area contributed by atoms with Crippen LogP contribution in [0.4, 0.5) is 17.2 Å². The molecule has 0 spiro atoms. The molecule has 0 aliphatic rings. The van der Waals surface area contributed by atoms with Gasteiger partial charge < -0.3 is 25.8 Å². The fraction of sp³-hybridized carbons (Fsp3) is 0.227. The molecule has 0 unspecified atom stereocenters. The third kappa shape index (κ3) is 5.35. The zero-order valence-corrected chi connectivity index (χ0v) is 17.6. The summed E-state index contributed by atoms with van der Waals surface area (Å²) in [4.78, 5) is 41.2. The van der Waals surface area contributed by atoms with E-state index in [1.54, 1.807) is 24.3 Å². The minimum atomic E-state index is -0.737. The zero-order valence-electron chi connectivity index (χ0n) is 17.6. The van der Waals surface area contributed by atoms with Crippen LogP contribution in [0.15, 0.2) is 64.2 Å². The first kappa shape index (κ1) is 22.6. The number of nitrogens with zero attached hydrogens (tertiary/aromatic N) is 2. The number of amides is 1. The van der Waals surface area contributed by atoms with E-state index in [0.717, 1.165) is 5.56 Å². The van der Waals surface area contributed by atoms with Gasteiger partial charge in [-0.2, -0.15) is 0 Å². The first-order valence-electron chi connectivity index (χ1n) is 9.89. The van der Waals surface area contributed by atoms with Crippen molar-refractivity contribution in [3.63, 3.8) is 0 Å². The number of hydrogen-bond acceptors (Lipinski definition) is 7. The van der Waals surface area contributed by atoms with Gasteiger partial charge in [-0.05, 0) is 17.7 Å². The van der Waals surface area contributed by atoms with Crippen LogP contribution in [0, 0.1) is 0 Å². The van der Waals surface area contributed by atoms with Crippen molar-refractivity contribution in [1.82, 2.24) is 9.55 Å². The van der Waals surface area contributed by atoms with Crippen molar-refractivity contribution >= 4 is 23.1 Å². The lowest BCUT2D eigenvalue weighted by Crippen LogP contribution is -2.42. The van der Waals surface area contributed by atoms with Crippen molar-refractivity contribution in [2.75, 3.05) is 42.8 Å². The molecule has 10 heteroatoms. The highest BCUT2D eigenvalue weighted by Crippen LogP contribution is 2.19. The van der Waals surface area contributed by atoms with E-state index in [1.165, 1.54) is 16.6 Å². The van der Waals surface area contributed by atoms with Crippen LogP contribution in [0.5, 0.6) is 5.75 Å². The standard InChI is InChI=1S/C22H25N5O5/c1-32-17-9-5-8-16(12-17)24-18(29)14-26(10-11-28)19-20(23)27(22(31)25-21(19)30)13-15-6-3-2-4-7-15/h2-9,12,28H,10-11,13-14,23H2,1H3,(H,24,29)(H,25,30,31). The van der Waals surface area contributed by atoms with Gasteiger partial charge in [0.25, 0.3) is 5.56 Å². The molecule has 1 amide bonds. The normalized spacial score (nSPS) is 10.6. The van der Waals surface area contributed by atoms with Gasteiger partial charge in [0.15, 0.2) is 0 Å². The Bertz CT molecular complexity index is 1190. The van der Waals surface area contributed by atoms with E-state index in [1.807, 2.05) is 30.3 Å². The number of anilines is 3. The Morgan fingerprint density at radius 1 is 1.19 bits per heavy atom. The van der Waals surface area contributed by atoms with Crippen molar-refractivity contribution in [3.05, 3.63) is 81.0 Å². The van der Waals surface area contributed by atoms with E-state index in [9.17, 15) is 19.5 Å². The molecule has 0 atom stereocenters. The summed E-state index contributed by atoms with van der Waals surface area (Å²) in [7, 11) is 1.52. The number of rotatable bonds is 9. The Labute approximate surface area is 183 Å². The molecule has 5 N–H and O–H groups in total. The Balaban J connectivity index is 1.89. The maximum absolute atomic E-state index is 12.6. The molecule has 0 bridgehead atoms. The average Bonchev–Trinajstić information content (AvgIpc) is 2.77. The number of hydrogen-bond donors (Lipinski definition) is 4. The number of aromatic amines is 1. The third-order valence-corrected chi connectivity index (χ3v) is 4.77. The molecule has 3 aromatic rings. The summed E-state index contributed by atoms with van der Waals surface area (Å²) in [6, 6.07) is 15.9. The number of ether oxygens (including phenoxy) is 1. The lowest BCUT2D eigenvalue weighted by Gasteiger charge is -2.25. The minimum Gasteiger partial charge on any atom is -0.497 e. The van der Waals surface area contributed by atoms with Gasteiger partial charge in [0.05, 0.1) is 26.8 Å². The van der Waals surface area contributed by atoms with E-state index in [-0.39, 0.29) is 37.7 Å². The molecule has 0 fully saturated rings. The number of carbonyl (C=O) groups is 1. The number of H-pyrrole nitrogens is 1. The lowest BCUT2D eigenvalue weighted by atomic mass is 10.2. The fourth-order valence-electron chi connectivity index (χ4n) is 3.27. The van der Waals surface area contributed by atoms with Gasteiger partial charge in [-0.3, -0.25) is 19.1 Å². The number of benzene rings is 2. The van der Waals surface area contributed by atoms with Crippen LogP contribution in [0.1, 0.15) is 5.56 Å². The topological polar surface area (TPSA) is 143 Å². The number of methoxy groups -OCH3 is 1. The summed E-state index contributed by atoms with van der Waals surface area (Å²) in [5.74, 6) is 0.0419. The Morgan fingerprint density at radius 3 is 2.62 bits per heavy atom. The van der Waals surface area contributed by atoms with Gasteiger partial charge in [-0.25, -0.2) is 4.79 Å². The van der Waals surface area contributed by atoms with E-state index in [0.29, 0.717) is 11.4 Å². The fourth-order valence-corrected chi connectivity index (χ4v) is 3.27. The molecule has 0 aliphatic carbocycles. The molecule has 0 saturated heterocycles. The summed E-state index contributed by atoms with van der Waals surface area (Å²) in [6.07, 6.45) is 0. The summed E-state index contributed by atoms with van der Waals surface area (Å²) in [6.45, 7) is -0.502. The predicted molar refractivity (Wildman–Crippen MR) is 122 cm³/mol. The number of aliphatic hydroxyl groups is 1. The molecule has 1 aromatic heterocycles. The summed E-state index contributed by atoms with van der Waals surface area (Å²) >= 11 is 0. The quantitative estimate of drug-likeness (QED) is 0.383. The van der Waals surface area contributed by atoms with Gasteiger partial charge in [0, 0.05) is 18.3 Å². The second kappa shape index (κ2) is 10.3. The zero-order chi connectivity index (χ0) is 23.1. The monoisotopic (exact) mass is 439 g/mol. The number of nitrogen functional groups attached to an aromatic ring is 1. The molecule has 0 saturated carbocycles. The summed E-state index contributed by atoms with van der Waals surface area (Å²) in [5.41, 5.74) is 6.06. The molecule has 168 valence electrons. The molecular weight excluding hydrogens is 414 g/mol. The maximum atomic E-state index is 12.6. The highest BCUT2D eigenvalue weighted by molar-refractivity contribution is 5.94. The van der Waals surface area contributed by atoms with Gasteiger partial charge in [0.1, 0.15) is 17.3 Å². The van der Waals surface area contributed by atoms with E-state index < -0.39 is 17.2 Å². The molecular formula is C22H25N5O5. The van der Waals surface area contributed by atoms with Crippen LogP contribution in [0.25, 0.3) is 0 Å². The number of nitrogens with one attached hydrogen (secondary N) is 2. The SMILES string of the molecule is COc1cccc(NC(=O)CN(CCO)c2c(N)n(Cc3ccccc3)c(=O)[nH]c2=O)c1. The van der Waals surface area contributed by atoms with Gasteiger partial charge in [-0.1, -0.05) is 36.4 Å². The highest BCUT2D eigenvalue weighted by atomic mass is 16.5. The van der Waals surface area contributed by atoms with Crippen LogP contribution < -0.4 is 31.9 Å². The molecule has 0 radical (unpaired) electrons. The third-order valence-electron chi connectivity index (χ3n) is 4.77. The minimum absolute atomic E-state index is 0.0393. The summed E-state index contributed by atoms with van der Waals surface area (Å²) < 4.78 is 6.36. The Hall–Kier alpha value is -4.05. The van der Waals surface area contributed by atoms with Gasteiger partial charge in [-0.15, -0.1) is 0 Å². The maximum Gasteiger partial charge on any atom is 0.330 e. The average molecular weight is 439 g/mol. The number of aliphatic hydroxyl groups excluding tert-OH is 1. The van der Waals surface area contributed by atoms with Crippen molar-refractivity contribution in [2.24, 2.45) is 0 Å². The number of aromatic nitrogens is 2. The highest BCUT2D eigenvalue weighted by Gasteiger charge is 2.21. The van der Waals surface area contributed by atoms with Crippen LogP contribution in [-0.2, 0) is 11.3 Å². The van der Waals surface area contributed by atoms with E-state index in [2.05, 4.69) is 10.3 Å². The van der Waals surface area contributed by atoms with Crippen LogP contribution in [0.2, 0.25) is 0 Å². The largest absolute Gasteiger partial charge is 0.497 e. The van der Waals surface area contributed by atoms with Crippen molar-refractivity contribution in [2.45, 2.75) is 6.54 Å². The molecule has 10 nitrogen and oxygen atoms in total. The van der Waals surface area contributed by atoms with Crippen molar-refractivity contribution < 1.29 is 14.6 Å². The summed E-state index contributed by atoms with van der Waals surface area (Å²) in [5, 5.41) is 12.2. The predicted octanol–water partition coefficient (Wildman–Crippen LogP) is 0.613. The van der Waals surface area contributed by atoms with Gasteiger partial charge in [0.2, 0.25) is 5.91 Å².